The minimum atomic E-state index is -0.365. The minimum Gasteiger partial charge on any atom is -0.390 e. The van der Waals surface area contributed by atoms with Crippen molar-refractivity contribution >= 4 is 5.78 Å². The molecule has 0 radical (unpaired) electrons. The van der Waals surface area contributed by atoms with E-state index in [1.54, 1.807) is 0 Å². The quantitative estimate of drug-likeness (QED) is 0.694. The van der Waals surface area contributed by atoms with Crippen LogP contribution in [0.4, 0.5) is 0 Å². The van der Waals surface area contributed by atoms with Gasteiger partial charge in [0.05, 0.1) is 5.60 Å². The van der Waals surface area contributed by atoms with E-state index in [1.165, 1.54) is 44.9 Å². The third kappa shape index (κ3) is 2.99. The molecule has 0 spiro atoms. The summed E-state index contributed by atoms with van der Waals surface area (Å²) in [6, 6.07) is 0. The Hall–Kier alpha value is -0.370. The van der Waals surface area contributed by atoms with Gasteiger partial charge in [-0.25, -0.2) is 0 Å². The molecule has 4 aliphatic rings. The molecule has 4 fully saturated rings. The number of hydrogen-bond acceptors (Lipinski definition) is 2. The summed E-state index contributed by atoms with van der Waals surface area (Å²) in [7, 11) is 0. The fourth-order valence-corrected chi connectivity index (χ4v) is 8.52. The first-order chi connectivity index (χ1) is 12.4. The molecule has 1 unspecified atom stereocenters. The first-order valence-electron chi connectivity index (χ1n) is 11.6. The normalized spacial score (nSPS) is 51.1. The van der Waals surface area contributed by atoms with E-state index in [4.69, 9.17) is 0 Å². The molecule has 1 N–H and O–H groups in total. The Morgan fingerprint density at radius 2 is 1.77 bits per heavy atom. The zero-order chi connectivity index (χ0) is 18.5. The second kappa shape index (κ2) is 6.90. The van der Waals surface area contributed by atoms with E-state index >= 15 is 0 Å². The van der Waals surface area contributed by atoms with Gasteiger partial charge in [0.1, 0.15) is 5.78 Å². The molecule has 4 saturated carbocycles. The molecule has 0 aromatic rings. The number of carbonyl (C=O) groups is 1. The standard InChI is InChI=1S/C24H40O2/c1-4-12-24(26)14-11-18-17(15-24)8-9-20-19(18)10-13-23(3)21(16(2)25)6-5-7-22(20)23/h17-22,26H,4-15H2,1-3H3/t17-,18-,19+,20+,21?,22-,23+,24+/m0/s1. The van der Waals surface area contributed by atoms with Crippen LogP contribution in [0.25, 0.3) is 0 Å². The molecule has 26 heavy (non-hydrogen) atoms. The van der Waals surface area contributed by atoms with Gasteiger partial charge >= 0.3 is 0 Å². The summed E-state index contributed by atoms with van der Waals surface area (Å²) in [4.78, 5) is 12.4. The van der Waals surface area contributed by atoms with Crippen molar-refractivity contribution in [2.75, 3.05) is 0 Å². The summed E-state index contributed by atoms with van der Waals surface area (Å²) in [5, 5.41) is 11.0. The van der Waals surface area contributed by atoms with Crippen molar-refractivity contribution in [3.63, 3.8) is 0 Å². The van der Waals surface area contributed by atoms with Gasteiger partial charge in [0.15, 0.2) is 0 Å². The van der Waals surface area contributed by atoms with E-state index in [0.29, 0.717) is 11.7 Å². The molecule has 0 amide bonds. The Labute approximate surface area is 160 Å². The van der Waals surface area contributed by atoms with Crippen LogP contribution in [0.2, 0.25) is 0 Å². The van der Waals surface area contributed by atoms with Gasteiger partial charge in [-0.1, -0.05) is 26.7 Å². The lowest BCUT2D eigenvalue weighted by Crippen LogP contribution is -2.54. The van der Waals surface area contributed by atoms with Gasteiger partial charge in [-0.2, -0.15) is 0 Å². The number of Topliss-reactive ketones (excluding diaryl/α,β-unsaturated/α-hetero) is 1. The van der Waals surface area contributed by atoms with Crippen molar-refractivity contribution in [2.24, 2.45) is 40.9 Å². The monoisotopic (exact) mass is 360 g/mol. The average molecular weight is 361 g/mol. The first-order valence-corrected chi connectivity index (χ1v) is 11.6. The van der Waals surface area contributed by atoms with E-state index in [-0.39, 0.29) is 11.0 Å². The third-order valence-electron chi connectivity index (χ3n) is 9.55. The van der Waals surface area contributed by atoms with E-state index in [2.05, 4.69) is 13.8 Å². The number of ketones is 1. The lowest BCUT2D eigenvalue weighted by Gasteiger charge is -2.60. The van der Waals surface area contributed by atoms with Gasteiger partial charge in [-0.15, -0.1) is 0 Å². The number of hydrogen-bond donors (Lipinski definition) is 1. The lowest BCUT2D eigenvalue weighted by atomic mass is 9.44. The van der Waals surface area contributed by atoms with Crippen molar-refractivity contribution in [1.29, 1.82) is 0 Å². The molecule has 8 atom stereocenters. The van der Waals surface area contributed by atoms with Crippen LogP contribution in [0.1, 0.15) is 97.8 Å². The molecule has 2 heteroatoms. The molecule has 0 aliphatic heterocycles. The maximum Gasteiger partial charge on any atom is 0.133 e. The second-order valence-electron chi connectivity index (χ2n) is 10.8. The van der Waals surface area contributed by atoms with Crippen molar-refractivity contribution in [1.82, 2.24) is 0 Å². The molecule has 2 nitrogen and oxygen atoms in total. The molecular formula is C24H40O2. The molecule has 0 heterocycles. The highest BCUT2D eigenvalue weighted by molar-refractivity contribution is 5.79. The third-order valence-corrected chi connectivity index (χ3v) is 9.55. The Balaban J connectivity index is 1.52. The van der Waals surface area contributed by atoms with E-state index in [1.807, 2.05) is 6.92 Å². The zero-order valence-electron chi connectivity index (χ0n) is 17.3. The van der Waals surface area contributed by atoms with Gasteiger partial charge < -0.3 is 5.11 Å². The summed E-state index contributed by atoms with van der Waals surface area (Å²) < 4.78 is 0. The summed E-state index contributed by atoms with van der Waals surface area (Å²) in [6.45, 7) is 6.51. The van der Waals surface area contributed by atoms with Crippen molar-refractivity contribution in [2.45, 2.75) is 103 Å². The van der Waals surface area contributed by atoms with Crippen LogP contribution in [-0.4, -0.2) is 16.5 Å². The van der Waals surface area contributed by atoms with Crippen LogP contribution in [0.5, 0.6) is 0 Å². The highest BCUT2D eigenvalue weighted by Gasteiger charge is 2.56. The maximum atomic E-state index is 12.4. The summed E-state index contributed by atoms with van der Waals surface area (Å²) in [5.41, 5.74) is -0.0911. The maximum absolute atomic E-state index is 12.4. The fourth-order valence-electron chi connectivity index (χ4n) is 8.52. The van der Waals surface area contributed by atoms with Gasteiger partial charge in [0, 0.05) is 5.92 Å². The highest BCUT2D eigenvalue weighted by atomic mass is 16.3. The van der Waals surface area contributed by atoms with Crippen LogP contribution in [-0.2, 0) is 4.79 Å². The van der Waals surface area contributed by atoms with Crippen LogP contribution in [0, 0.1) is 40.9 Å². The van der Waals surface area contributed by atoms with Crippen LogP contribution in [0.15, 0.2) is 0 Å². The summed E-state index contributed by atoms with van der Waals surface area (Å²) in [6.07, 6.45) is 14.5. The summed E-state index contributed by atoms with van der Waals surface area (Å²) in [5.74, 6) is 4.90. The lowest BCUT2D eigenvalue weighted by molar-refractivity contribution is -0.147. The van der Waals surface area contributed by atoms with Gasteiger partial charge in [-0.05, 0) is 106 Å². The molecule has 4 rings (SSSR count). The minimum absolute atomic E-state index is 0.274. The van der Waals surface area contributed by atoms with Crippen molar-refractivity contribution < 1.29 is 9.90 Å². The number of carbonyl (C=O) groups excluding carboxylic acids is 1. The molecule has 0 aromatic heterocycles. The highest BCUT2D eigenvalue weighted by Crippen LogP contribution is 2.63. The Bertz CT molecular complexity index is 542. The average Bonchev–Trinajstić information content (AvgIpc) is 2.59. The van der Waals surface area contributed by atoms with Crippen molar-refractivity contribution in [3.8, 4) is 0 Å². The zero-order valence-corrected chi connectivity index (χ0v) is 17.3. The fraction of sp³-hybridized carbons (Fsp3) is 0.958. The molecular weight excluding hydrogens is 320 g/mol. The molecule has 0 bridgehead atoms. The van der Waals surface area contributed by atoms with Crippen molar-refractivity contribution in [3.05, 3.63) is 0 Å². The van der Waals surface area contributed by atoms with Crippen LogP contribution >= 0.6 is 0 Å². The van der Waals surface area contributed by atoms with E-state index in [9.17, 15) is 9.90 Å². The molecule has 4 aliphatic carbocycles. The SMILES string of the molecule is CCC[C@@]1(O)CC[C@H]2[C@@H](CC[C@@H]3[C@@H]2CC[C@]2(C)C(C(C)=O)CCC[C@@H]32)C1. The Morgan fingerprint density at radius 3 is 2.50 bits per heavy atom. The largest absolute Gasteiger partial charge is 0.390 e. The van der Waals surface area contributed by atoms with E-state index < -0.39 is 0 Å². The van der Waals surface area contributed by atoms with Crippen LogP contribution in [0.3, 0.4) is 0 Å². The predicted octanol–water partition coefficient (Wildman–Crippen LogP) is 5.77. The molecule has 0 aromatic carbocycles. The predicted molar refractivity (Wildman–Crippen MR) is 106 cm³/mol. The molecule has 148 valence electrons. The Morgan fingerprint density at radius 1 is 1.00 bits per heavy atom. The van der Waals surface area contributed by atoms with Crippen LogP contribution < -0.4 is 0 Å². The first kappa shape index (κ1) is 19.0. The second-order valence-corrected chi connectivity index (χ2v) is 10.8. The Kier molecular flexibility index (Phi) is 5.04. The number of aliphatic hydroxyl groups is 1. The number of rotatable bonds is 3. The molecule has 0 saturated heterocycles. The summed E-state index contributed by atoms with van der Waals surface area (Å²) >= 11 is 0. The number of fused-ring (bicyclic) bond motifs is 5. The van der Waals surface area contributed by atoms with Gasteiger partial charge in [-0.3, -0.25) is 4.79 Å². The van der Waals surface area contributed by atoms with Gasteiger partial charge in [0.25, 0.3) is 0 Å². The van der Waals surface area contributed by atoms with E-state index in [0.717, 1.165) is 61.7 Å². The van der Waals surface area contributed by atoms with Gasteiger partial charge in [0.2, 0.25) is 0 Å². The smallest absolute Gasteiger partial charge is 0.133 e. The topological polar surface area (TPSA) is 37.3 Å².